The first-order chi connectivity index (χ1) is 8.81. The van der Waals surface area contributed by atoms with Gasteiger partial charge in [0, 0.05) is 12.4 Å². The summed E-state index contributed by atoms with van der Waals surface area (Å²) >= 11 is 0. The Morgan fingerprint density at radius 3 is 2.61 bits per heavy atom. The second kappa shape index (κ2) is 4.33. The molecular formula is C12H12N6. The van der Waals surface area contributed by atoms with Crippen LogP contribution in [0, 0.1) is 0 Å². The molecule has 6 heteroatoms. The van der Waals surface area contributed by atoms with Crippen LogP contribution in [0.4, 0.5) is 5.82 Å². The van der Waals surface area contributed by atoms with Gasteiger partial charge in [-0.3, -0.25) is 0 Å². The Labute approximate surface area is 104 Å². The Bertz CT molecular complexity index is 623. The Morgan fingerprint density at radius 1 is 1.17 bits per heavy atom. The molecule has 0 spiro atoms. The van der Waals surface area contributed by atoms with Gasteiger partial charge in [-0.15, -0.1) is 5.10 Å². The third-order valence-electron chi connectivity index (χ3n) is 2.61. The summed E-state index contributed by atoms with van der Waals surface area (Å²) in [5, 5.41) is 11.8. The Morgan fingerprint density at radius 2 is 2.00 bits per heavy atom. The number of hydrogen-bond acceptors (Lipinski definition) is 4. The second-order valence-electron chi connectivity index (χ2n) is 3.96. The molecule has 2 N–H and O–H groups in total. The number of nitrogens with zero attached hydrogens (tertiary/aromatic N) is 5. The normalized spacial score (nSPS) is 10.7. The van der Waals surface area contributed by atoms with E-state index < -0.39 is 0 Å². The molecule has 2 heterocycles. The van der Waals surface area contributed by atoms with Crippen LogP contribution >= 0.6 is 0 Å². The van der Waals surface area contributed by atoms with Crippen molar-refractivity contribution in [2.75, 3.05) is 5.73 Å². The largest absolute Gasteiger partial charge is 0.381 e. The van der Waals surface area contributed by atoms with Crippen LogP contribution in [0.25, 0.3) is 5.69 Å². The van der Waals surface area contributed by atoms with Crippen molar-refractivity contribution in [2.24, 2.45) is 0 Å². The van der Waals surface area contributed by atoms with Gasteiger partial charge >= 0.3 is 0 Å². The number of nitrogens with two attached hydrogens (primary N) is 1. The molecule has 18 heavy (non-hydrogen) atoms. The standard InChI is InChI=1S/C12H12N6/c13-12-9-17(16-15-12)8-10-2-4-11(5-3-10)18-7-1-6-14-18/h1-7,9H,8,13H2. The highest BCUT2D eigenvalue weighted by molar-refractivity contribution is 5.34. The molecule has 0 atom stereocenters. The van der Waals surface area contributed by atoms with E-state index in [-0.39, 0.29) is 0 Å². The SMILES string of the molecule is Nc1cn(Cc2ccc(-n3cccn3)cc2)nn1. The summed E-state index contributed by atoms with van der Waals surface area (Å²) in [6.07, 6.45) is 5.38. The molecule has 0 bridgehead atoms. The maximum Gasteiger partial charge on any atom is 0.165 e. The van der Waals surface area contributed by atoms with E-state index in [4.69, 9.17) is 5.73 Å². The van der Waals surface area contributed by atoms with Crippen LogP contribution in [0.2, 0.25) is 0 Å². The fourth-order valence-corrected chi connectivity index (χ4v) is 1.75. The van der Waals surface area contributed by atoms with Gasteiger partial charge in [0.1, 0.15) is 0 Å². The monoisotopic (exact) mass is 240 g/mol. The zero-order chi connectivity index (χ0) is 12.4. The molecule has 6 nitrogen and oxygen atoms in total. The van der Waals surface area contributed by atoms with E-state index in [1.807, 2.05) is 41.2 Å². The van der Waals surface area contributed by atoms with Gasteiger partial charge in [0.2, 0.25) is 0 Å². The van der Waals surface area contributed by atoms with Crippen LogP contribution in [0.15, 0.2) is 48.9 Å². The van der Waals surface area contributed by atoms with Crippen molar-refractivity contribution < 1.29 is 0 Å². The van der Waals surface area contributed by atoms with Crippen molar-refractivity contribution in [3.05, 3.63) is 54.5 Å². The molecule has 0 saturated heterocycles. The van der Waals surface area contributed by atoms with Crippen molar-refractivity contribution >= 4 is 5.82 Å². The number of anilines is 1. The van der Waals surface area contributed by atoms with E-state index in [1.165, 1.54) is 0 Å². The van der Waals surface area contributed by atoms with Gasteiger partial charge < -0.3 is 5.73 Å². The summed E-state index contributed by atoms with van der Waals surface area (Å²) in [5.74, 6) is 0.433. The maximum atomic E-state index is 5.51. The van der Waals surface area contributed by atoms with E-state index in [1.54, 1.807) is 17.1 Å². The zero-order valence-corrected chi connectivity index (χ0v) is 9.64. The molecule has 0 saturated carbocycles. The average molecular weight is 240 g/mol. The number of aromatic nitrogens is 5. The molecule has 0 radical (unpaired) electrons. The van der Waals surface area contributed by atoms with Crippen LogP contribution in [0.1, 0.15) is 5.56 Å². The Kier molecular flexibility index (Phi) is 2.53. The smallest absolute Gasteiger partial charge is 0.165 e. The lowest BCUT2D eigenvalue weighted by molar-refractivity contribution is 0.649. The quantitative estimate of drug-likeness (QED) is 0.743. The zero-order valence-electron chi connectivity index (χ0n) is 9.64. The van der Waals surface area contributed by atoms with Gasteiger partial charge in [-0.2, -0.15) is 5.10 Å². The molecule has 0 aliphatic heterocycles. The third-order valence-corrected chi connectivity index (χ3v) is 2.61. The van der Waals surface area contributed by atoms with Crippen LogP contribution < -0.4 is 5.73 Å². The number of benzene rings is 1. The van der Waals surface area contributed by atoms with E-state index in [2.05, 4.69) is 15.4 Å². The molecule has 3 rings (SSSR count). The van der Waals surface area contributed by atoms with Crippen molar-refractivity contribution in [3.8, 4) is 5.69 Å². The molecular weight excluding hydrogens is 228 g/mol. The molecule has 0 unspecified atom stereocenters. The summed E-state index contributed by atoms with van der Waals surface area (Å²) in [6, 6.07) is 10.0. The maximum absolute atomic E-state index is 5.51. The van der Waals surface area contributed by atoms with Crippen molar-refractivity contribution in [2.45, 2.75) is 6.54 Å². The summed E-state index contributed by atoms with van der Waals surface area (Å²) in [7, 11) is 0. The van der Waals surface area contributed by atoms with Crippen LogP contribution in [0.5, 0.6) is 0 Å². The lowest BCUT2D eigenvalue weighted by Crippen LogP contribution is -2.01. The first-order valence-corrected chi connectivity index (χ1v) is 5.56. The van der Waals surface area contributed by atoms with Gasteiger partial charge in [-0.25, -0.2) is 9.36 Å². The highest BCUT2D eigenvalue weighted by Crippen LogP contribution is 2.09. The number of hydrogen-bond donors (Lipinski definition) is 1. The highest BCUT2D eigenvalue weighted by atomic mass is 15.4. The van der Waals surface area contributed by atoms with E-state index in [9.17, 15) is 0 Å². The van der Waals surface area contributed by atoms with E-state index in [0.717, 1.165) is 11.3 Å². The average Bonchev–Trinajstić information content (AvgIpc) is 3.02. The minimum atomic E-state index is 0.433. The van der Waals surface area contributed by atoms with E-state index in [0.29, 0.717) is 12.4 Å². The molecule has 1 aromatic carbocycles. The predicted octanol–water partition coefficient (Wildman–Crippen LogP) is 1.09. The van der Waals surface area contributed by atoms with Crippen LogP contribution in [-0.4, -0.2) is 24.8 Å². The van der Waals surface area contributed by atoms with Gasteiger partial charge in [-0.05, 0) is 23.8 Å². The number of rotatable bonds is 3. The first kappa shape index (κ1) is 10.5. The Hall–Kier alpha value is -2.63. The fourth-order valence-electron chi connectivity index (χ4n) is 1.75. The van der Waals surface area contributed by atoms with Crippen LogP contribution in [-0.2, 0) is 6.54 Å². The van der Waals surface area contributed by atoms with Crippen LogP contribution in [0.3, 0.4) is 0 Å². The Balaban J connectivity index is 1.79. The van der Waals surface area contributed by atoms with Gasteiger partial charge in [-0.1, -0.05) is 17.3 Å². The van der Waals surface area contributed by atoms with Gasteiger partial charge in [0.05, 0.1) is 18.4 Å². The second-order valence-corrected chi connectivity index (χ2v) is 3.96. The molecule has 3 aromatic rings. The van der Waals surface area contributed by atoms with Gasteiger partial charge in [0.15, 0.2) is 5.82 Å². The summed E-state index contributed by atoms with van der Waals surface area (Å²) in [6.45, 7) is 0.656. The lowest BCUT2D eigenvalue weighted by Gasteiger charge is -2.04. The summed E-state index contributed by atoms with van der Waals surface area (Å²) < 4.78 is 3.52. The van der Waals surface area contributed by atoms with Gasteiger partial charge in [0.25, 0.3) is 0 Å². The fraction of sp³-hybridized carbons (Fsp3) is 0.0833. The topological polar surface area (TPSA) is 74.5 Å². The molecule has 0 aliphatic carbocycles. The minimum Gasteiger partial charge on any atom is -0.381 e. The van der Waals surface area contributed by atoms with E-state index >= 15 is 0 Å². The predicted molar refractivity (Wildman–Crippen MR) is 67.1 cm³/mol. The highest BCUT2D eigenvalue weighted by Gasteiger charge is 2.00. The molecule has 0 fully saturated rings. The molecule has 0 amide bonds. The molecule has 2 aromatic heterocycles. The first-order valence-electron chi connectivity index (χ1n) is 5.56. The lowest BCUT2D eigenvalue weighted by atomic mass is 10.2. The third kappa shape index (κ3) is 2.08. The summed E-state index contributed by atoms with van der Waals surface area (Å²) in [5.41, 5.74) is 7.68. The summed E-state index contributed by atoms with van der Waals surface area (Å²) in [4.78, 5) is 0. The van der Waals surface area contributed by atoms with Crippen molar-refractivity contribution in [3.63, 3.8) is 0 Å². The van der Waals surface area contributed by atoms with Crippen molar-refractivity contribution in [1.82, 2.24) is 24.8 Å². The molecule has 0 aliphatic rings. The molecule has 90 valence electrons. The minimum absolute atomic E-state index is 0.433. The van der Waals surface area contributed by atoms with Crippen molar-refractivity contribution in [1.29, 1.82) is 0 Å². The number of nitrogen functional groups attached to an aromatic ring is 1.